The van der Waals surface area contributed by atoms with E-state index in [1.54, 1.807) is 14.2 Å². The Balaban J connectivity index is 2.38. The molecule has 0 aliphatic heterocycles. The van der Waals surface area contributed by atoms with Gasteiger partial charge in [0.2, 0.25) is 0 Å². The summed E-state index contributed by atoms with van der Waals surface area (Å²) in [5.74, 6) is 1.11. The number of halogens is 1. The number of benzene rings is 1. The van der Waals surface area contributed by atoms with Crippen LogP contribution in [0.4, 0.5) is 0 Å². The molecule has 0 bridgehead atoms. The Kier molecular flexibility index (Phi) is 6.08. The predicted molar refractivity (Wildman–Crippen MR) is 112 cm³/mol. The molecule has 1 aromatic carbocycles. The molecule has 0 aliphatic rings. The van der Waals surface area contributed by atoms with E-state index in [-0.39, 0.29) is 0 Å². The van der Waals surface area contributed by atoms with Crippen LogP contribution in [-0.4, -0.2) is 41.3 Å². The molecule has 6 nitrogen and oxygen atoms in total. The van der Waals surface area contributed by atoms with Crippen molar-refractivity contribution in [1.82, 2.24) is 19.9 Å². The first kappa shape index (κ1) is 20.4. The third kappa shape index (κ3) is 4.22. The van der Waals surface area contributed by atoms with Gasteiger partial charge in [-0.1, -0.05) is 11.6 Å². The van der Waals surface area contributed by atoms with Crippen molar-refractivity contribution < 1.29 is 9.31 Å². The Hall–Kier alpha value is -2.35. The van der Waals surface area contributed by atoms with Gasteiger partial charge in [0.25, 0.3) is 0 Å². The van der Waals surface area contributed by atoms with Crippen LogP contribution in [0.25, 0.3) is 22.8 Å². The second kappa shape index (κ2) is 8.35. The Morgan fingerprint density at radius 2 is 1.04 bits per heavy atom. The SMILES string of the molecule is COB(OC)c1c(-c2nc(C)cc(C)n2)cc(Cl)cc1-c1nc(C)cc(C)n1. The highest BCUT2D eigenvalue weighted by atomic mass is 35.5. The van der Waals surface area contributed by atoms with Gasteiger partial charge in [0.15, 0.2) is 11.6 Å². The number of rotatable bonds is 5. The van der Waals surface area contributed by atoms with Gasteiger partial charge >= 0.3 is 7.12 Å². The van der Waals surface area contributed by atoms with Crippen LogP contribution in [0.1, 0.15) is 22.8 Å². The molecular weight excluding hydrogens is 375 g/mol. The average molecular weight is 397 g/mol. The van der Waals surface area contributed by atoms with Gasteiger partial charge in [-0.15, -0.1) is 0 Å². The lowest BCUT2D eigenvalue weighted by Crippen LogP contribution is -2.38. The zero-order chi connectivity index (χ0) is 20.4. The van der Waals surface area contributed by atoms with Crippen molar-refractivity contribution in [3.8, 4) is 22.8 Å². The van der Waals surface area contributed by atoms with Crippen LogP contribution in [0.5, 0.6) is 0 Å². The van der Waals surface area contributed by atoms with Gasteiger partial charge in [0.05, 0.1) is 0 Å². The van der Waals surface area contributed by atoms with Gasteiger partial charge in [0.1, 0.15) is 0 Å². The molecule has 8 heteroatoms. The van der Waals surface area contributed by atoms with Gasteiger partial charge < -0.3 is 9.31 Å². The minimum absolute atomic E-state index is 0.533. The molecule has 144 valence electrons. The van der Waals surface area contributed by atoms with E-state index in [1.807, 2.05) is 52.0 Å². The summed E-state index contributed by atoms with van der Waals surface area (Å²) in [5.41, 5.74) is 5.65. The highest BCUT2D eigenvalue weighted by Gasteiger charge is 2.29. The van der Waals surface area contributed by atoms with Crippen molar-refractivity contribution in [2.24, 2.45) is 0 Å². The summed E-state index contributed by atoms with van der Waals surface area (Å²) >= 11 is 6.48. The van der Waals surface area contributed by atoms with Crippen LogP contribution in [0, 0.1) is 27.7 Å². The number of hydrogen-bond acceptors (Lipinski definition) is 6. The summed E-state index contributed by atoms with van der Waals surface area (Å²) < 4.78 is 11.2. The van der Waals surface area contributed by atoms with Crippen LogP contribution in [0.15, 0.2) is 24.3 Å². The van der Waals surface area contributed by atoms with E-state index in [9.17, 15) is 0 Å². The monoisotopic (exact) mass is 396 g/mol. The highest BCUT2D eigenvalue weighted by molar-refractivity contribution is 6.65. The molecule has 2 aromatic heterocycles. The normalized spacial score (nSPS) is 11.0. The Bertz CT molecular complexity index is 912. The summed E-state index contributed by atoms with van der Waals surface area (Å²) in [5, 5.41) is 0.533. The summed E-state index contributed by atoms with van der Waals surface area (Å²) in [6.45, 7) is 7.72. The maximum absolute atomic E-state index is 6.48. The van der Waals surface area contributed by atoms with E-state index < -0.39 is 7.12 Å². The van der Waals surface area contributed by atoms with E-state index in [1.165, 1.54) is 0 Å². The number of aromatic nitrogens is 4. The maximum Gasteiger partial charge on any atom is 0.494 e. The van der Waals surface area contributed by atoms with Crippen LogP contribution in [-0.2, 0) is 9.31 Å². The van der Waals surface area contributed by atoms with E-state index in [0.717, 1.165) is 39.4 Å². The van der Waals surface area contributed by atoms with Gasteiger partial charge in [-0.2, -0.15) is 0 Å². The average Bonchev–Trinajstić information content (AvgIpc) is 2.61. The summed E-state index contributed by atoms with van der Waals surface area (Å²) in [7, 11) is 2.51. The van der Waals surface area contributed by atoms with Crippen LogP contribution in [0.3, 0.4) is 0 Å². The number of aryl methyl sites for hydroxylation is 4. The summed E-state index contributed by atoms with van der Waals surface area (Å²) in [4.78, 5) is 18.4. The fourth-order valence-corrected chi connectivity index (χ4v) is 3.48. The van der Waals surface area contributed by atoms with Crippen LogP contribution < -0.4 is 5.46 Å². The molecular formula is C20H22BClN4O2. The lowest BCUT2D eigenvalue weighted by Gasteiger charge is -2.18. The molecule has 0 unspecified atom stereocenters. The van der Waals surface area contributed by atoms with Crippen LogP contribution >= 0.6 is 11.6 Å². The molecule has 2 heterocycles. The van der Waals surface area contributed by atoms with Gasteiger partial charge in [-0.05, 0) is 52.0 Å². The third-order valence-electron chi connectivity index (χ3n) is 4.26. The molecule has 0 saturated heterocycles. The predicted octanol–water partition coefficient (Wildman–Crippen LogP) is 3.48. The fraction of sp³-hybridized carbons (Fsp3) is 0.300. The van der Waals surface area contributed by atoms with Crippen molar-refractivity contribution in [2.45, 2.75) is 27.7 Å². The van der Waals surface area contributed by atoms with Crippen LogP contribution in [0.2, 0.25) is 5.02 Å². The van der Waals surface area contributed by atoms with Crippen molar-refractivity contribution in [1.29, 1.82) is 0 Å². The quantitative estimate of drug-likeness (QED) is 0.615. The van der Waals surface area contributed by atoms with Crippen molar-refractivity contribution in [3.63, 3.8) is 0 Å². The molecule has 0 radical (unpaired) electrons. The molecule has 0 amide bonds. The standard InChI is InChI=1S/C20H22BClN4O2/c1-11-7-12(2)24-19(23-11)16-9-15(22)10-17(18(16)21(27-5)28-6)20-25-13(3)8-14(4)26-20/h7-10H,1-6H3. The Labute approximate surface area is 170 Å². The second-order valence-corrected chi connectivity index (χ2v) is 7.10. The van der Waals surface area contributed by atoms with E-state index in [4.69, 9.17) is 20.9 Å². The molecule has 0 saturated carbocycles. The molecule has 0 spiro atoms. The number of hydrogen-bond donors (Lipinski definition) is 0. The van der Waals surface area contributed by atoms with E-state index in [0.29, 0.717) is 16.7 Å². The first-order chi connectivity index (χ1) is 13.3. The topological polar surface area (TPSA) is 70.0 Å². The van der Waals surface area contributed by atoms with E-state index >= 15 is 0 Å². The molecule has 3 aromatic rings. The molecule has 28 heavy (non-hydrogen) atoms. The van der Waals surface area contributed by atoms with Crippen molar-refractivity contribution in [3.05, 3.63) is 52.1 Å². The third-order valence-corrected chi connectivity index (χ3v) is 4.47. The van der Waals surface area contributed by atoms with Gasteiger partial charge in [0, 0.05) is 58.6 Å². The molecule has 3 rings (SSSR count). The minimum Gasteiger partial charge on any atom is -0.410 e. The molecule has 0 N–H and O–H groups in total. The van der Waals surface area contributed by atoms with Gasteiger partial charge in [-0.25, -0.2) is 19.9 Å². The lowest BCUT2D eigenvalue weighted by molar-refractivity contribution is 0.292. The fourth-order valence-electron chi connectivity index (χ4n) is 3.27. The molecule has 0 aliphatic carbocycles. The zero-order valence-electron chi connectivity index (χ0n) is 16.9. The summed E-state index contributed by atoms with van der Waals surface area (Å²) in [6, 6.07) is 7.49. The lowest BCUT2D eigenvalue weighted by atomic mass is 9.72. The largest absolute Gasteiger partial charge is 0.494 e. The first-order valence-corrected chi connectivity index (χ1v) is 9.24. The van der Waals surface area contributed by atoms with Crippen molar-refractivity contribution >= 4 is 24.2 Å². The maximum atomic E-state index is 6.48. The summed E-state index contributed by atoms with van der Waals surface area (Å²) in [6.07, 6.45) is 0. The Morgan fingerprint density at radius 1 is 0.679 bits per heavy atom. The van der Waals surface area contributed by atoms with Gasteiger partial charge in [-0.3, -0.25) is 0 Å². The highest BCUT2D eigenvalue weighted by Crippen LogP contribution is 2.27. The van der Waals surface area contributed by atoms with Crippen molar-refractivity contribution in [2.75, 3.05) is 14.2 Å². The Morgan fingerprint density at radius 3 is 1.36 bits per heavy atom. The first-order valence-electron chi connectivity index (χ1n) is 8.86. The molecule has 0 fully saturated rings. The smallest absolute Gasteiger partial charge is 0.410 e. The zero-order valence-corrected chi connectivity index (χ0v) is 17.6. The molecule has 0 atom stereocenters. The van der Waals surface area contributed by atoms with E-state index in [2.05, 4.69) is 19.9 Å². The second-order valence-electron chi connectivity index (χ2n) is 6.67. The minimum atomic E-state index is -0.656. The number of nitrogens with zero attached hydrogens (tertiary/aromatic N) is 4.